The summed E-state index contributed by atoms with van der Waals surface area (Å²) in [6.45, 7) is 5.77. The lowest BCUT2D eigenvalue weighted by Crippen LogP contribution is -2.59. The standard InChI is InChI=1S/C21H32O5/c1-20-8-7-14(25-11-22)9-13(20)3-4-15-16-5-6-18(26-12-23)21(16,2)10-17(24)19(15)20/h11-19,24H,3-10H2,1-2H3/t13-,14+,15-,16-,17-,18-,19+,20-,21-/m0/s1. The van der Waals surface area contributed by atoms with Crippen molar-refractivity contribution in [2.45, 2.75) is 83.5 Å². The Morgan fingerprint density at radius 2 is 1.73 bits per heavy atom. The largest absolute Gasteiger partial charge is 0.465 e. The monoisotopic (exact) mass is 364 g/mol. The second kappa shape index (κ2) is 6.50. The third kappa shape index (κ3) is 2.53. The van der Waals surface area contributed by atoms with Crippen LogP contribution in [0.3, 0.4) is 0 Å². The maximum atomic E-state index is 11.2. The molecule has 4 saturated carbocycles. The van der Waals surface area contributed by atoms with Gasteiger partial charge in [0.15, 0.2) is 0 Å². The van der Waals surface area contributed by atoms with Crippen molar-refractivity contribution in [2.75, 3.05) is 0 Å². The summed E-state index contributed by atoms with van der Waals surface area (Å²) in [6, 6.07) is 0. The molecule has 0 bridgehead atoms. The van der Waals surface area contributed by atoms with Crippen LogP contribution in [0.4, 0.5) is 0 Å². The van der Waals surface area contributed by atoms with Gasteiger partial charge in [-0.05, 0) is 80.5 Å². The molecule has 0 aromatic carbocycles. The van der Waals surface area contributed by atoms with Gasteiger partial charge in [-0.1, -0.05) is 13.8 Å². The molecule has 0 aliphatic heterocycles. The number of hydrogen-bond donors (Lipinski definition) is 1. The minimum absolute atomic E-state index is 0.0463. The van der Waals surface area contributed by atoms with E-state index in [1.165, 1.54) is 0 Å². The quantitative estimate of drug-likeness (QED) is 0.776. The fourth-order valence-corrected chi connectivity index (χ4v) is 7.79. The second-order valence-electron chi connectivity index (χ2n) is 9.78. The summed E-state index contributed by atoms with van der Waals surface area (Å²) < 4.78 is 10.7. The first-order valence-corrected chi connectivity index (χ1v) is 10.3. The molecular weight excluding hydrogens is 332 g/mol. The molecule has 0 spiro atoms. The van der Waals surface area contributed by atoms with Crippen LogP contribution in [-0.2, 0) is 19.1 Å². The van der Waals surface area contributed by atoms with E-state index in [-0.39, 0.29) is 29.1 Å². The molecule has 5 nitrogen and oxygen atoms in total. The van der Waals surface area contributed by atoms with E-state index in [0.717, 1.165) is 51.4 Å². The van der Waals surface area contributed by atoms with Gasteiger partial charge in [0.2, 0.25) is 0 Å². The summed E-state index contributed by atoms with van der Waals surface area (Å²) in [4.78, 5) is 21.7. The zero-order valence-electron chi connectivity index (χ0n) is 15.9. The minimum Gasteiger partial charge on any atom is -0.465 e. The molecule has 0 aromatic rings. The SMILES string of the molecule is C[C@]12CC[C@@H](OC=O)C[C@@H]1CC[C@@H]1[C@@H]2[C@@H](O)C[C@]2(C)[C@@H](OC=O)CC[C@@H]12. The lowest BCUT2D eigenvalue weighted by molar-refractivity contribution is -0.190. The first-order chi connectivity index (χ1) is 12.4. The molecule has 0 unspecified atom stereocenters. The van der Waals surface area contributed by atoms with Crippen LogP contribution in [-0.4, -0.2) is 36.4 Å². The number of aliphatic hydroxyl groups is 1. The fraction of sp³-hybridized carbons (Fsp3) is 0.905. The molecule has 9 atom stereocenters. The first kappa shape index (κ1) is 18.3. The third-order valence-corrected chi connectivity index (χ3v) is 8.93. The maximum absolute atomic E-state index is 11.2. The summed E-state index contributed by atoms with van der Waals surface area (Å²) in [6.07, 6.45) is 7.54. The molecule has 146 valence electrons. The predicted octanol–water partition coefficient (Wildman–Crippen LogP) is 3.08. The highest BCUT2D eigenvalue weighted by atomic mass is 16.5. The Labute approximate surface area is 155 Å². The van der Waals surface area contributed by atoms with Crippen molar-refractivity contribution < 1.29 is 24.2 Å². The molecule has 0 radical (unpaired) electrons. The van der Waals surface area contributed by atoms with Crippen molar-refractivity contribution in [3.8, 4) is 0 Å². The molecule has 4 fully saturated rings. The highest BCUT2D eigenvalue weighted by Crippen LogP contribution is 2.66. The van der Waals surface area contributed by atoms with Gasteiger partial charge in [-0.25, -0.2) is 0 Å². The second-order valence-corrected chi connectivity index (χ2v) is 9.78. The van der Waals surface area contributed by atoms with Gasteiger partial charge in [-0.3, -0.25) is 9.59 Å². The van der Waals surface area contributed by atoms with Gasteiger partial charge in [0.25, 0.3) is 12.9 Å². The van der Waals surface area contributed by atoms with Crippen LogP contribution in [0.2, 0.25) is 0 Å². The van der Waals surface area contributed by atoms with Gasteiger partial charge in [0, 0.05) is 5.41 Å². The van der Waals surface area contributed by atoms with Gasteiger partial charge >= 0.3 is 0 Å². The van der Waals surface area contributed by atoms with E-state index < -0.39 is 0 Å². The number of carbonyl (C=O) groups excluding carboxylic acids is 2. The smallest absolute Gasteiger partial charge is 0.293 e. The molecule has 26 heavy (non-hydrogen) atoms. The Morgan fingerprint density at radius 3 is 2.46 bits per heavy atom. The Balaban J connectivity index is 1.59. The minimum atomic E-state index is -0.339. The summed E-state index contributed by atoms with van der Waals surface area (Å²) in [5.41, 5.74) is 0.0263. The van der Waals surface area contributed by atoms with E-state index in [4.69, 9.17) is 9.47 Å². The number of aliphatic hydroxyl groups excluding tert-OH is 1. The molecule has 4 rings (SSSR count). The molecule has 0 saturated heterocycles. The van der Waals surface area contributed by atoms with Gasteiger partial charge in [0.05, 0.1) is 6.10 Å². The van der Waals surface area contributed by atoms with Gasteiger partial charge in [-0.2, -0.15) is 0 Å². The zero-order chi connectivity index (χ0) is 18.5. The Hall–Kier alpha value is -1.10. The van der Waals surface area contributed by atoms with E-state index in [1.54, 1.807) is 0 Å². The average molecular weight is 364 g/mol. The van der Waals surface area contributed by atoms with Gasteiger partial charge < -0.3 is 14.6 Å². The Bertz CT molecular complexity index is 565. The summed E-state index contributed by atoms with van der Waals surface area (Å²) >= 11 is 0. The molecule has 1 N–H and O–H groups in total. The average Bonchev–Trinajstić information content (AvgIpc) is 2.91. The van der Waals surface area contributed by atoms with E-state index in [1.807, 2.05) is 0 Å². The van der Waals surface area contributed by atoms with Crippen LogP contribution in [0.1, 0.15) is 65.2 Å². The predicted molar refractivity (Wildman–Crippen MR) is 95.0 cm³/mol. The number of carbonyl (C=O) groups is 2. The lowest BCUT2D eigenvalue weighted by atomic mass is 9.44. The van der Waals surface area contributed by atoms with Gasteiger partial charge in [-0.15, -0.1) is 0 Å². The van der Waals surface area contributed by atoms with Crippen LogP contribution in [0.25, 0.3) is 0 Å². The lowest BCUT2D eigenvalue weighted by Gasteiger charge is -2.62. The number of fused-ring (bicyclic) bond motifs is 5. The topological polar surface area (TPSA) is 72.8 Å². The molecule has 0 heterocycles. The maximum Gasteiger partial charge on any atom is 0.293 e. The van der Waals surface area contributed by atoms with Crippen LogP contribution in [0.15, 0.2) is 0 Å². The van der Waals surface area contributed by atoms with Crippen molar-refractivity contribution in [3.05, 3.63) is 0 Å². The van der Waals surface area contributed by atoms with Crippen molar-refractivity contribution in [1.82, 2.24) is 0 Å². The van der Waals surface area contributed by atoms with E-state index >= 15 is 0 Å². The number of rotatable bonds is 4. The molecular formula is C21H32O5. The van der Waals surface area contributed by atoms with E-state index in [2.05, 4.69) is 13.8 Å². The van der Waals surface area contributed by atoms with Crippen LogP contribution < -0.4 is 0 Å². The molecule has 4 aliphatic carbocycles. The molecule has 4 aliphatic rings. The summed E-state index contributed by atoms with van der Waals surface area (Å²) in [7, 11) is 0. The van der Waals surface area contributed by atoms with Crippen molar-refractivity contribution in [2.24, 2.45) is 34.5 Å². The van der Waals surface area contributed by atoms with E-state index in [0.29, 0.717) is 36.6 Å². The molecule has 0 aromatic heterocycles. The summed E-state index contributed by atoms with van der Waals surface area (Å²) in [5.74, 6) is 1.87. The van der Waals surface area contributed by atoms with Crippen molar-refractivity contribution in [3.63, 3.8) is 0 Å². The van der Waals surface area contributed by atoms with Crippen LogP contribution in [0, 0.1) is 34.5 Å². The summed E-state index contributed by atoms with van der Waals surface area (Å²) in [5, 5.41) is 11.2. The Kier molecular flexibility index (Phi) is 4.57. The van der Waals surface area contributed by atoms with Crippen LogP contribution >= 0.6 is 0 Å². The third-order valence-electron chi connectivity index (χ3n) is 8.93. The van der Waals surface area contributed by atoms with Crippen LogP contribution in [0.5, 0.6) is 0 Å². The molecule has 5 heteroatoms. The van der Waals surface area contributed by atoms with E-state index in [9.17, 15) is 14.7 Å². The fourth-order valence-electron chi connectivity index (χ4n) is 7.79. The highest BCUT2D eigenvalue weighted by molar-refractivity contribution is 5.38. The number of hydrogen-bond acceptors (Lipinski definition) is 5. The van der Waals surface area contributed by atoms with Crippen molar-refractivity contribution in [1.29, 1.82) is 0 Å². The highest BCUT2D eigenvalue weighted by Gasteiger charge is 2.63. The first-order valence-electron chi connectivity index (χ1n) is 10.3. The Morgan fingerprint density at radius 1 is 0.962 bits per heavy atom. The zero-order valence-corrected chi connectivity index (χ0v) is 15.9. The van der Waals surface area contributed by atoms with Gasteiger partial charge in [0.1, 0.15) is 12.2 Å². The van der Waals surface area contributed by atoms with Crippen molar-refractivity contribution >= 4 is 12.9 Å². The normalized spacial score (nSPS) is 53.0. The number of ether oxygens (including phenoxy) is 2. The molecule has 0 amide bonds.